The van der Waals surface area contributed by atoms with E-state index in [2.05, 4.69) is 29.2 Å². The molecule has 0 saturated carbocycles. The van der Waals surface area contributed by atoms with Gasteiger partial charge >= 0.3 is 0 Å². The molecule has 2 unspecified atom stereocenters. The van der Waals surface area contributed by atoms with Crippen LogP contribution in [0.15, 0.2) is 30.5 Å². The number of nitrogens with zero attached hydrogens (tertiary/aromatic N) is 2. The summed E-state index contributed by atoms with van der Waals surface area (Å²) in [6.07, 6.45) is 8.76. The Bertz CT molecular complexity index is 665. The lowest BCUT2D eigenvalue weighted by molar-refractivity contribution is 0.613. The van der Waals surface area contributed by atoms with E-state index >= 15 is 0 Å². The number of nitrogens with two attached hydrogens (primary N) is 1. The molecule has 0 saturated heterocycles. The Morgan fingerprint density at radius 3 is 2.86 bits per heavy atom. The summed E-state index contributed by atoms with van der Waals surface area (Å²) in [5, 5.41) is 0. The van der Waals surface area contributed by atoms with Gasteiger partial charge in [-0.2, -0.15) is 0 Å². The molecule has 21 heavy (non-hydrogen) atoms. The van der Waals surface area contributed by atoms with Crippen LogP contribution in [0.2, 0.25) is 0 Å². The third-order valence-corrected chi connectivity index (χ3v) is 4.94. The summed E-state index contributed by atoms with van der Waals surface area (Å²) in [7, 11) is 0. The summed E-state index contributed by atoms with van der Waals surface area (Å²) in [6, 6.07) is 8.82. The standard InChI is InChI=1S/C18H21N3/c19-16-7-3-4-8-17-15(16)11-20-18(21-17)14-10-9-12-5-1-2-6-13(12)14/h1-2,5-6,11,14,16H,3-4,7-10,19H2. The van der Waals surface area contributed by atoms with Gasteiger partial charge in [0.2, 0.25) is 0 Å². The molecule has 2 atom stereocenters. The first-order chi connectivity index (χ1) is 10.3. The normalized spacial score (nSPS) is 24.2. The molecule has 2 aliphatic carbocycles. The zero-order chi connectivity index (χ0) is 14.2. The van der Waals surface area contributed by atoms with Crippen LogP contribution in [0.4, 0.5) is 0 Å². The maximum atomic E-state index is 6.25. The van der Waals surface area contributed by atoms with Gasteiger partial charge in [0.15, 0.2) is 0 Å². The summed E-state index contributed by atoms with van der Waals surface area (Å²) in [4.78, 5) is 9.59. The fourth-order valence-electron chi connectivity index (χ4n) is 3.76. The van der Waals surface area contributed by atoms with Crippen LogP contribution in [-0.2, 0) is 12.8 Å². The molecular formula is C18H21N3. The van der Waals surface area contributed by atoms with Crippen LogP contribution in [-0.4, -0.2) is 9.97 Å². The van der Waals surface area contributed by atoms with Gasteiger partial charge in [0, 0.05) is 29.4 Å². The first-order valence-electron chi connectivity index (χ1n) is 8.02. The Kier molecular flexibility index (Phi) is 3.23. The molecule has 0 spiro atoms. The minimum atomic E-state index is 0.118. The Balaban J connectivity index is 1.73. The van der Waals surface area contributed by atoms with Crippen molar-refractivity contribution in [2.24, 2.45) is 5.73 Å². The van der Waals surface area contributed by atoms with E-state index < -0.39 is 0 Å². The van der Waals surface area contributed by atoms with Crippen molar-refractivity contribution in [3.05, 3.63) is 58.7 Å². The van der Waals surface area contributed by atoms with Crippen molar-refractivity contribution in [2.75, 3.05) is 0 Å². The fraction of sp³-hybridized carbons (Fsp3) is 0.444. The Labute approximate surface area is 125 Å². The largest absolute Gasteiger partial charge is 0.324 e. The Hall–Kier alpha value is -1.74. The lowest BCUT2D eigenvalue weighted by Gasteiger charge is -2.15. The minimum absolute atomic E-state index is 0.118. The third kappa shape index (κ3) is 2.26. The number of aryl methyl sites for hydroxylation is 2. The highest BCUT2D eigenvalue weighted by Gasteiger charge is 2.27. The summed E-state index contributed by atoms with van der Waals surface area (Å²) in [5.41, 5.74) is 11.5. The average Bonchev–Trinajstić information content (AvgIpc) is 2.86. The van der Waals surface area contributed by atoms with Gasteiger partial charge in [-0.15, -0.1) is 0 Å². The summed E-state index contributed by atoms with van der Waals surface area (Å²) in [5.74, 6) is 1.36. The number of hydrogen-bond acceptors (Lipinski definition) is 3. The van der Waals surface area contributed by atoms with Gasteiger partial charge in [-0.25, -0.2) is 9.97 Å². The molecule has 0 fully saturated rings. The van der Waals surface area contributed by atoms with Gasteiger partial charge in [0.05, 0.1) is 0 Å². The molecule has 2 aromatic rings. The minimum Gasteiger partial charge on any atom is -0.324 e. The van der Waals surface area contributed by atoms with E-state index in [0.29, 0.717) is 5.92 Å². The van der Waals surface area contributed by atoms with Gasteiger partial charge in [0.1, 0.15) is 5.82 Å². The summed E-state index contributed by atoms with van der Waals surface area (Å²) >= 11 is 0. The lowest BCUT2D eigenvalue weighted by Crippen LogP contribution is -2.14. The first-order valence-corrected chi connectivity index (χ1v) is 8.02. The smallest absolute Gasteiger partial charge is 0.136 e. The number of hydrogen-bond donors (Lipinski definition) is 1. The molecule has 1 aromatic carbocycles. The maximum Gasteiger partial charge on any atom is 0.136 e. The number of aromatic nitrogens is 2. The molecule has 2 aliphatic rings. The van der Waals surface area contributed by atoms with E-state index in [-0.39, 0.29) is 6.04 Å². The van der Waals surface area contributed by atoms with Crippen molar-refractivity contribution in [1.82, 2.24) is 9.97 Å². The quantitative estimate of drug-likeness (QED) is 0.815. The molecule has 0 aliphatic heterocycles. The van der Waals surface area contributed by atoms with Crippen LogP contribution in [0, 0.1) is 0 Å². The lowest BCUT2D eigenvalue weighted by atomic mass is 9.99. The monoisotopic (exact) mass is 279 g/mol. The van der Waals surface area contributed by atoms with Crippen molar-refractivity contribution < 1.29 is 0 Å². The number of fused-ring (bicyclic) bond motifs is 2. The van der Waals surface area contributed by atoms with E-state index in [9.17, 15) is 0 Å². The molecule has 0 radical (unpaired) electrons. The maximum absolute atomic E-state index is 6.25. The summed E-state index contributed by atoms with van der Waals surface area (Å²) in [6.45, 7) is 0. The predicted octanol–water partition coefficient (Wildman–Crippen LogP) is 3.28. The van der Waals surface area contributed by atoms with Crippen molar-refractivity contribution in [2.45, 2.75) is 50.5 Å². The van der Waals surface area contributed by atoms with Crippen molar-refractivity contribution in [3.63, 3.8) is 0 Å². The molecule has 4 rings (SSSR count). The fourth-order valence-corrected chi connectivity index (χ4v) is 3.76. The van der Waals surface area contributed by atoms with E-state index in [1.165, 1.54) is 35.2 Å². The van der Waals surface area contributed by atoms with Crippen molar-refractivity contribution >= 4 is 0 Å². The molecule has 1 aromatic heterocycles. The zero-order valence-corrected chi connectivity index (χ0v) is 12.3. The van der Waals surface area contributed by atoms with Gasteiger partial charge in [-0.1, -0.05) is 30.7 Å². The highest BCUT2D eigenvalue weighted by Crippen LogP contribution is 2.37. The van der Waals surface area contributed by atoms with Crippen LogP contribution >= 0.6 is 0 Å². The second-order valence-corrected chi connectivity index (χ2v) is 6.27. The van der Waals surface area contributed by atoms with Crippen LogP contribution in [0.25, 0.3) is 0 Å². The SMILES string of the molecule is NC1CCCCc2nc(C3CCc4ccccc43)ncc21. The van der Waals surface area contributed by atoms with Crippen LogP contribution < -0.4 is 5.73 Å². The highest BCUT2D eigenvalue weighted by atomic mass is 14.9. The van der Waals surface area contributed by atoms with Gasteiger partial charge in [-0.3, -0.25) is 0 Å². The highest BCUT2D eigenvalue weighted by molar-refractivity contribution is 5.39. The second-order valence-electron chi connectivity index (χ2n) is 6.27. The number of rotatable bonds is 1. The van der Waals surface area contributed by atoms with E-state index in [0.717, 1.165) is 31.5 Å². The Morgan fingerprint density at radius 2 is 1.90 bits per heavy atom. The molecule has 2 N–H and O–H groups in total. The molecule has 1 heterocycles. The van der Waals surface area contributed by atoms with Gasteiger partial charge in [-0.05, 0) is 43.2 Å². The van der Waals surface area contributed by atoms with E-state index in [1.54, 1.807) is 0 Å². The van der Waals surface area contributed by atoms with Crippen LogP contribution in [0.5, 0.6) is 0 Å². The molecule has 3 heteroatoms. The first kappa shape index (κ1) is 13.0. The zero-order valence-electron chi connectivity index (χ0n) is 12.3. The third-order valence-electron chi connectivity index (χ3n) is 4.94. The van der Waals surface area contributed by atoms with Crippen LogP contribution in [0.3, 0.4) is 0 Å². The molecule has 0 bridgehead atoms. The van der Waals surface area contributed by atoms with Crippen molar-refractivity contribution in [1.29, 1.82) is 0 Å². The summed E-state index contributed by atoms with van der Waals surface area (Å²) < 4.78 is 0. The molecule has 0 amide bonds. The topological polar surface area (TPSA) is 51.8 Å². The Morgan fingerprint density at radius 1 is 1.00 bits per heavy atom. The molecule has 108 valence electrons. The molecule has 3 nitrogen and oxygen atoms in total. The van der Waals surface area contributed by atoms with E-state index in [1.807, 2.05) is 6.20 Å². The van der Waals surface area contributed by atoms with Crippen LogP contribution in [0.1, 0.15) is 65.9 Å². The van der Waals surface area contributed by atoms with Gasteiger partial charge < -0.3 is 5.73 Å². The van der Waals surface area contributed by atoms with Crippen molar-refractivity contribution in [3.8, 4) is 0 Å². The van der Waals surface area contributed by atoms with E-state index in [4.69, 9.17) is 10.7 Å². The van der Waals surface area contributed by atoms with Gasteiger partial charge in [0.25, 0.3) is 0 Å². The average molecular weight is 279 g/mol. The predicted molar refractivity (Wildman–Crippen MR) is 83.1 cm³/mol. The number of benzene rings is 1. The second kappa shape index (κ2) is 5.23. The molecular weight excluding hydrogens is 258 g/mol.